The maximum atomic E-state index is 13.8. The number of halogens is 6. The summed E-state index contributed by atoms with van der Waals surface area (Å²) in [6.07, 6.45) is -7.28. The van der Waals surface area contributed by atoms with Gasteiger partial charge in [-0.2, -0.15) is 26.3 Å². The number of carboxylic acids is 2. The van der Waals surface area contributed by atoms with Gasteiger partial charge in [0.05, 0.1) is 23.6 Å². The Labute approximate surface area is 311 Å². The van der Waals surface area contributed by atoms with Crippen molar-refractivity contribution in [3.8, 4) is 17.1 Å². The molecular weight excluding hydrogens is 746 g/mol. The van der Waals surface area contributed by atoms with Gasteiger partial charge in [0.25, 0.3) is 5.91 Å². The molecule has 0 spiro atoms. The second kappa shape index (κ2) is 20.1. The lowest BCUT2D eigenvalue weighted by Gasteiger charge is -2.38. The molecule has 20 heteroatoms. The number of alkyl halides is 6. The fourth-order valence-corrected chi connectivity index (χ4v) is 5.39. The number of hydrogen-bond acceptors (Lipinski definition) is 10. The first-order chi connectivity index (χ1) is 26.0. The van der Waals surface area contributed by atoms with E-state index in [2.05, 4.69) is 27.4 Å². The Morgan fingerprint density at radius 3 is 2.18 bits per heavy atom. The van der Waals surface area contributed by atoms with Crippen LogP contribution in [-0.2, 0) is 20.9 Å². The average molecular weight is 787 g/mol. The summed E-state index contributed by atoms with van der Waals surface area (Å²) in [5.74, 6) is -5.29. The van der Waals surface area contributed by atoms with Crippen molar-refractivity contribution in [2.24, 2.45) is 0 Å². The fourth-order valence-electron chi connectivity index (χ4n) is 5.39. The molecule has 3 aromatic rings. The SMILES string of the molecule is CCOc1ncccc1-c1ccc(N2CCNC[C@H]2CC)c(C(=O)N[C@@H]2CCN(C(=O)OCc3ccccc3)C2)n1.O=C(O)C(F)(F)F.O=C(O)C(F)(F)F. The number of rotatable bonds is 9. The first-order valence-corrected chi connectivity index (χ1v) is 16.9. The minimum absolute atomic E-state index is 0.201. The number of anilines is 1. The predicted molar refractivity (Wildman–Crippen MR) is 184 cm³/mol. The first kappa shape index (κ1) is 43.7. The standard InChI is InChI=1S/C31H38N6O4.2C2HF3O2/c1-3-24-19-32-16-18-37(24)27-13-12-26(25-11-8-15-33-30(25)40-4-2)35-28(27)29(38)34-23-14-17-36(20-23)31(39)41-21-22-9-6-5-7-10-22;2*3-2(4,5)1(6)7/h5-13,15,23-24,32H,3-4,14,16-21H2,1-2H3,(H,34,38);2*(H,6,7)/t23-,24-;;/m1../s1. The van der Waals surface area contributed by atoms with Crippen LogP contribution in [0, 0.1) is 0 Å². The summed E-state index contributed by atoms with van der Waals surface area (Å²) < 4.78 is 74.7. The zero-order valence-corrected chi connectivity index (χ0v) is 29.7. The third-order valence-electron chi connectivity index (χ3n) is 8.02. The number of aromatic nitrogens is 2. The number of nitrogens with one attached hydrogen (secondary N) is 2. The summed E-state index contributed by atoms with van der Waals surface area (Å²) in [6, 6.07) is 17.3. The van der Waals surface area contributed by atoms with Crippen LogP contribution >= 0.6 is 0 Å². The van der Waals surface area contributed by atoms with Crippen molar-refractivity contribution in [3.05, 3.63) is 72.1 Å². The normalized spacial score (nSPS) is 16.8. The van der Waals surface area contributed by atoms with E-state index in [9.17, 15) is 35.9 Å². The van der Waals surface area contributed by atoms with Crippen LogP contribution in [0.4, 0.5) is 36.8 Å². The van der Waals surface area contributed by atoms with Crippen LogP contribution < -0.4 is 20.3 Å². The summed E-state index contributed by atoms with van der Waals surface area (Å²) in [5, 5.41) is 20.8. The maximum absolute atomic E-state index is 13.8. The highest BCUT2D eigenvalue weighted by molar-refractivity contribution is 5.99. The number of nitrogens with zero attached hydrogens (tertiary/aromatic N) is 4. The van der Waals surface area contributed by atoms with E-state index in [1.165, 1.54) is 0 Å². The first-order valence-electron chi connectivity index (χ1n) is 16.9. The van der Waals surface area contributed by atoms with Crippen LogP contribution in [0.1, 0.15) is 42.7 Å². The number of ether oxygens (including phenoxy) is 2. The van der Waals surface area contributed by atoms with Crippen LogP contribution in [0.25, 0.3) is 11.3 Å². The molecule has 4 N–H and O–H groups in total. The molecule has 1 aromatic carbocycles. The van der Waals surface area contributed by atoms with Gasteiger partial charge in [-0.15, -0.1) is 0 Å². The maximum Gasteiger partial charge on any atom is 0.490 e. The number of piperazine rings is 1. The fraction of sp³-hybridized carbons (Fsp3) is 0.429. The van der Waals surface area contributed by atoms with E-state index in [0.29, 0.717) is 43.4 Å². The molecule has 0 aliphatic carbocycles. The molecular formula is C35H40F6N6O8. The van der Waals surface area contributed by atoms with Gasteiger partial charge in [0.15, 0.2) is 5.69 Å². The predicted octanol–water partition coefficient (Wildman–Crippen LogP) is 5.14. The zero-order valence-electron chi connectivity index (χ0n) is 29.7. The number of carbonyl (C=O) groups is 4. The van der Waals surface area contributed by atoms with Gasteiger partial charge >= 0.3 is 30.4 Å². The Kier molecular flexibility index (Phi) is 16.0. The van der Waals surface area contributed by atoms with Gasteiger partial charge in [-0.3, -0.25) is 4.79 Å². The van der Waals surface area contributed by atoms with Crippen LogP contribution in [0.15, 0.2) is 60.8 Å². The largest absolute Gasteiger partial charge is 0.490 e. The molecule has 5 rings (SSSR count). The van der Waals surface area contributed by atoms with Crippen molar-refractivity contribution < 1.29 is 65.2 Å². The monoisotopic (exact) mass is 786 g/mol. The lowest BCUT2D eigenvalue weighted by atomic mass is 10.1. The Balaban J connectivity index is 0.000000494. The number of pyridine rings is 2. The number of aliphatic carboxylic acids is 2. The third kappa shape index (κ3) is 13.3. The van der Waals surface area contributed by atoms with Crippen LogP contribution in [0.5, 0.6) is 5.88 Å². The Bertz CT molecular complexity index is 1720. The van der Waals surface area contributed by atoms with Gasteiger partial charge < -0.3 is 40.1 Å². The minimum Gasteiger partial charge on any atom is -0.477 e. The Morgan fingerprint density at radius 1 is 0.927 bits per heavy atom. The van der Waals surface area contributed by atoms with E-state index < -0.39 is 24.3 Å². The minimum atomic E-state index is -5.08. The van der Waals surface area contributed by atoms with Crippen molar-refractivity contribution >= 4 is 29.6 Å². The second-order valence-corrected chi connectivity index (χ2v) is 11.9. The Morgan fingerprint density at radius 2 is 1.58 bits per heavy atom. The summed E-state index contributed by atoms with van der Waals surface area (Å²) in [7, 11) is 0. The highest BCUT2D eigenvalue weighted by atomic mass is 19.4. The smallest absolute Gasteiger partial charge is 0.477 e. The highest BCUT2D eigenvalue weighted by Gasteiger charge is 2.39. The van der Waals surface area contributed by atoms with E-state index in [-0.39, 0.29) is 30.7 Å². The summed E-state index contributed by atoms with van der Waals surface area (Å²) in [4.78, 5) is 57.5. The molecule has 2 aliphatic rings. The molecule has 55 heavy (non-hydrogen) atoms. The third-order valence-corrected chi connectivity index (χ3v) is 8.02. The number of likely N-dealkylation sites (tertiary alicyclic amines) is 1. The van der Waals surface area contributed by atoms with Crippen LogP contribution in [0.3, 0.4) is 0 Å². The van der Waals surface area contributed by atoms with Gasteiger partial charge in [0.2, 0.25) is 5.88 Å². The van der Waals surface area contributed by atoms with Gasteiger partial charge in [0.1, 0.15) is 6.61 Å². The lowest BCUT2D eigenvalue weighted by molar-refractivity contribution is -0.193. The molecule has 2 aromatic heterocycles. The number of benzene rings is 1. The van der Waals surface area contributed by atoms with E-state index in [4.69, 9.17) is 34.3 Å². The van der Waals surface area contributed by atoms with Gasteiger partial charge in [-0.25, -0.2) is 24.4 Å². The van der Waals surface area contributed by atoms with Crippen molar-refractivity contribution in [3.63, 3.8) is 0 Å². The average Bonchev–Trinajstić information content (AvgIpc) is 3.62. The van der Waals surface area contributed by atoms with E-state index in [1.54, 1.807) is 11.1 Å². The summed E-state index contributed by atoms with van der Waals surface area (Å²) in [6.45, 7) is 8.11. The van der Waals surface area contributed by atoms with Crippen LogP contribution in [-0.4, -0.2) is 113 Å². The lowest BCUT2D eigenvalue weighted by Crippen LogP contribution is -2.52. The van der Waals surface area contributed by atoms with Crippen LogP contribution in [0.2, 0.25) is 0 Å². The van der Waals surface area contributed by atoms with Crippen molar-refractivity contribution in [2.75, 3.05) is 44.2 Å². The summed E-state index contributed by atoms with van der Waals surface area (Å²) >= 11 is 0. The molecule has 4 heterocycles. The molecule has 0 unspecified atom stereocenters. The van der Waals surface area contributed by atoms with E-state index >= 15 is 0 Å². The molecule has 0 radical (unpaired) electrons. The molecule has 2 aliphatic heterocycles. The van der Waals surface area contributed by atoms with Gasteiger partial charge in [-0.1, -0.05) is 37.3 Å². The number of carboxylic acid groups (broad SMARTS) is 2. The molecule has 300 valence electrons. The van der Waals surface area contributed by atoms with Crippen molar-refractivity contribution in [1.29, 1.82) is 0 Å². The number of amides is 2. The molecule has 2 saturated heterocycles. The Hall–Kier alpha value is -5.66. The summed E-state index contributed by atoms with van der Waals surface area (Å²) in [5.41, 5.74) is 3.45. The van der Waals surface area contributed by atoms with E-state index in [0.717, 1.165) is 42.9 Å². The zero-order chi connectivity index (χ0) is 40.8. The molecule has 14 nitrogen and oxygen atoms in total. The van der Waals surface area contributed by atoms with Gasteiger partial charge in [-0.05, 0) is 49.6 Å². The molecule has 0 bridgehead atoms. The van der Waals surface area contributed by atoms with Crippen molar-refractivity contribution in [1.82, 2.24) is 25.5 Å². The second-order valence-electron chi connectivity index (χ2n) is 11.9. The quantitative estimate of drug-likeness (QED) is 0.210. The highest BCUT2D eigenvalue weighted by Crippen LogP contribution is 2.31. The molecule has 0 saturated carbocycles. The van der Waals surface area contributed by atoms with Crippen molar-refractivity contribution in [2.45, 2.75) is 57.7 Å². The number of carbonyl (C=O) groups excluding carboxylic acids is 2. The number of hydrogen-bond donors (Lipinski definition) is 4. The molecule has 2 atom stereocenters. The van der Waals surface area contributed by atoms with Gasteiger partial charge in [0, 0.05) is 51.0 Å². The molecule has 2 amide bonds. The molecule has 2 fully saturated rings. The topological polar surface area (TPSA) is 184 Å². The van der Waals surface area contributed by atoms with E-state index in [1.807, 2.05) is 61.5 Å².